The summed E-state index contributed by atoms with van der Waals surface area (Å²) >= 11 is 1.18. The third-order valence-corrected chi connectivity index (χ3v) is 10.5. The Labute approximate surface area is 257 Å². The van der Waals surface area contributed by atoms with Gasteiger partial charge < -0.3 is 19.4 Å². The second-order valence-electron chi connectivity index (χ2n) is 12.4. The number of carboxylic acids is 1. The number of aliphatic carboxylic acids is 1. The van der Waals surface area contributed by atoms with Crippen LogP contribution in [0.25, 0.3) is 21.0 Å². The van der Waals surface area contributed by atoms with Crippen molar-refractivity contribution in [3.05, 3.63) is 74.3 Å². The molecule has 3 heterocycles. The molecule has 4 aromatic rings. The average molecular weight is 619 g/mol. The summed E-state index contributed by atoms with van der Waals surface area (Å²) < 4.78 is 14.6. The molecule has 1 aromatic carbocycles. The van der Waals surface area contributed by atoms with Crippen LogP contribution < -0.4 is 11.2 Å². The topological polar surface area (TPSA) is 161 Å². The number of hydrogen-bond acceptors (Lipinski definition) is 9. The fourth-order valence-corrected chi connectivity index (χ4v) is 8.22. The molecule has 0 bridgehead atoms. The zero-order valence-electron chi connectivity index (χ0n) is 24.7. The lowest BCUT2D eigenvalue weighted by Gasteiger charge is -2.28. The number of hydrogen-bond donors (Lipinski definition) is 2. The molecule has 0 radical (unpaired) electrons. The highest BCUT2D eigenvalue weighted by Gasteiger charge is 2.43. The molecule has 0 aliphatic heterocycles. The molecule has 44 heavy (non-hydrogen) atoms. The minimum Gasteiger partial charge on any atom is -0.480 e. The number of benzene rings is 1. The van der Waals surface area contributed by atoms with E-state index in [4.69, 9.17) is 9.15 Å². The van der Waals surface area contributed by atoms with Crippen molar-refractivity contribution in [2.75, 3.05) is 0 Å². The van der Waals surface area contributed by atoms with E-state index in [1.807, 2.05) is 24.3 Å². The van der Waals surface area contributed by atoms with Gasteiger partial charge in [0.25, 0.3) is 5.56 Å². The van der Waals surface area contributed by atoms with Gasteiger partial charge in [-0.1, -0.05) is 24.3 Å². The second-order valence-corrected chi connectivity index (χ2v) is 13.4. The molecule has 2 aliphatic carbocycles. The van der Waals surface area contributed by atoms with Crippen molar-refractivity contribution in [1.29, 1.82) is 5.26 Å². The summed E-state index contributed by atoms with van der Waals surface area (Å²) in [6, 6.07) is 9.66. The van der Waals surface area contributed by atoms with Crippen LogP contribution >= 0.6 is 11.3 Å². The lowest BCUT2D eigenvalue weighted by atomic mass is 9.99. The number of aromatic nitrogens is 3. The van der Waals surface area contributed by atoms with Crippen molar-refractivity contribution in [3.8, 4) is 16.8 Å². The molecule has 3 unspecified atom stereocenters. The van der Waals surface area contributed by atoms with Gasteiger partial charge in [-0.25, -0.2) is 19.1 Å². The van der Waals surface area contributed by atoms with Gasteiger partial charge in [-0.05, 0) is 75.0 Å². The van der Waals surface area contributed by atoms with Crippen LogP contribution in [0.2, 0.25) is 0 Å². The largest absolute Gasteiger partial charge is 0.480 e. The summed E-state index contributed by atoms with van der Waals surface area (Å²) in [7, 11) is 0. The molecule has 0 saturated heterocycles. The maximum absolute atomic E-state index is 14.3. The summed E-state index contributed by atoms with van der Waals surface area (Å²) in [5.74, 6) is -0.310. The Morgan fingerprint density at radius 2 is 1.93 bits per heavy atom. The number of oxazole rings is 1. The average Bonchev–Trinajstić information content (AvgIpc) is 3.75. The number of thiophene rings is 1. The van der Waals surface area contributed by atoms with E-state index in [0.29, 0.717) is 27.1 Å². The van der Waals surface area contributed by atoms with E-state index in [9.17, 15) is 29.9 Å². The Kier molecular flexibility index (Phi) is 7.82. The van der Waals surface area contributed by atoms with E-state index in [2.05, 4.69) is 11.1 Å². The molecule has 3 aromatic heterocycles. The van der Waals surface area contributed by atoms with Crippen LogP contribution in [0.3, 0.4) is 0 Å². The van der Waals surface area contributed by atoms with Gasteiger partial charge in [0.15, 0.2) is 0 Å². The van der Waals surface area contributed by atoms with E-state index in [1.54, 1.807) is 6.92 Å². The van der Waals surface area contributed by atoms with Crippen molar-refractivity contribution in [1.82, 2.24) is 14.1 Å². The highest BCUT2D eigenvalue weighted by atomic mass is 32.1. The predicted molar refractivity (Wildman–Crippen MR) is 162 cm³/mol. The van der Waals surface area contributed by atoms with Crippen LogP contribution in [0.4, 0.5) is 0 Å². The van der Waals surface area contributed by atoms with Gasteiger partial charge in [0.2, 0.25) is 5.89 Å². The summed E-state index contributed by atoms with van der Waals surface area (Å²) in [6.45, 7) is 4.36. The van der Waals surface area contributed by atoms with Crippen LogP contribution in [0, 0.1) is 30.1 Å². The first-order valence-corrected chi connectivity index (χ1v) is 15.5. The Balaban J connectivity index is 1.53. The number of fused-ring (bicyclic) bond motifs is 2. The van der Waals surface area contributed by atoms with E-state index < -0.39 is 28.9 Å². The number of nitriles is 1. The van der Waals surface area contributed by atoms with Gasteiger partial charge in [0.1, 0.15) is 22.7 Å². The fourth-order valence-electron chi connectivity index (χ4n) is 6.98. The molecule has 2 N–H and O–H groups in total. The molecule has 2 saturated carbocycles. The Bertz CT molecular complexity index is 1870. The minimum atomic E-state index is -1.85. The van der Waals surface area contributed by atoms with Crippen LogP contribution in [-0.4, -0.2) is 42.5 Å². The van der Waals surface area contributed by atoms with E-state index >= 15 is 0 Å². The number of ether oxygens (including phenoxy) is 1. The summed E-state index contributed by atoms with van der Waals surface area (Å²) in [5, 5.41) is 30.0. The molecule has 6 rings (SSSR count). The lowest BCUT2D eigenvalue weighted by molar-refractivity contribution is -0.146. The lowest BCUT2D eigenvalue weighted by Crippen LogP contribution is -2.52. The monoisotopic (exact) mass is 618 g/mol. The Morgan fingerprint density at radius 1 is 1.23 bits per heavy atom. The zero-order chi connectivity index (χ0) is 31.3. The second kappa shape index (κ2) is 11.5. The van der Waals surface area contributed by atoms with E-state index in [0.717, 1.165) is 41.4 Å². The number of aryl methyl sites for hydroxylation is 1. The third-order valence-electron chi connectivity index (χ3n) is 9.25. The molecule has 0 amide bonds. The first kappa shape index (κ1) is 30.0. The quantitative estimate of drug-likeness (QED) is 0.277. The highest BCUT2D eigenvalue weighted by Crippen LogP contribution is 2.46. The summed E-state index contributed by atoms with van der Waals surface area (Å²) in [4.78, 5) is 45.7. The smallest absolute Gasteiger partial charge is 0.333 e. The maximum atomic E-state index is 14.3. The SMILES string of the molecule is Cc1c(-c2ncco2)sc2c1c(=O)n(C(C)(C)C(=O)O)c(=O)n2CC(OC1C[C@H]2CC(O)C[C@H]2C1)c1ccccc1CC#N. The van der Waals surface area contributed by atoms with Gasteiger partial charge in [0, 0.05) is 0 Å². The molecule has 2 aliphatic rings. The van der Waals surface area contributed by atoms with Crippen molar-refractivity contribution < 1.29 is 24.2 Å². The number of nitrogens with zero attached hydrogens (tertiary/aromatic N) is 4. The molecule has 11 nitrogen and oxygen atoms in total. The standard InChI is InChI=1S/C32H34N4O7S/c1-17-25-28(38)36(32(2,3)30(39)40)31(41)35(29(25)44-26(17)27-34-10-11-42-27)16-24(23-7-5-4-6-18(23)8-9-33)43-22-14-19-12-21(37)13-20(19)15-22/h4-7,10-11,19-22,24,37H,8,12-16H2,1-3H3,(H,39,40)/t19-,20+,21?,22?,24?. The maximum Gasteiger partial charge on any atom is 0.333 e. The van der Waals surface area contributed by atoms with Crippen molar-refractivity contribution >= 4 is 27.5 Å². The van der Waals surface area contributed by atoms with Crippen LogP contribution in [0.5, 0.6) is 0 Å². The number of aliphatic hydroxyl groups excluding tert-OH is 1. The first-order chi connectivity index (χ1) is 21.0. The minimum absolute atomic E-state index is 0.0206. The van der Waals surface area contributed by atoms with E-state index in [1.165, 1.54) is 42.2 Å². The molecular weight excluding hydrogens is 584 g/mol. The Morgan fingerprint density at radius 3 is 2.57 bits per heavy atom. The van der Waals surface area contributed by atoms with Gasteiger partial charge in [0.05, 0.1) is 47.7 Å². The first-order valence-electron chi connectivity index (χ1n) is 14.7. The van der Waals surface area contributed by atoms with Crippen LogP contribution in [0.1, 0.15) is 62.3 Å². The van der Waals surface area contributed by atoms with Crippen molar-refractivity contribution in [2.24, 2.45) is 11.8 Å². The zero-order valence-corrected chi connectivity index (χ0v) is 25.5. The van der Waals surface area contributed by atoms with Crippen LogP contribution in [-0.2, 0) is 28.0 Å². The van der Waals surface area contributed by atoms with Crippen molar-refractivity contribution in [3.63, 3.8) is 0 Å². The highest BCUT2D eigenvalue weighted by molar-refractivity contribution is 7.22. The number of carboxylic acid groups (broad SMARTS) is 1. The number of rotatable bonds is 9. The van der Waals surface area contributed by atoms with E-state index in [-0.39, 0.29) is 36.5 Å². The van der Waals surface area contributed by atoms with Gasteiger partial charge in [-0.15, -0.1) is 11.3 Å². The normalized spacial score (nSPS) is 22.2. The molecule has 2 fully saturated rings. The predicted octanol–water partition coefficient (Wildman–Crippen LogP) is 4.38. The van der Waals surface area contributed by atoms with Crippen molar-refractivity contribution in [2.45, 2.75) is 83.3 Å². The van der Waals surface area contributed by atoms with Crippen LogP contribution in [0.15, 0.2) is 50.7 Å². The third kappa shape index (κ3) is 5.08. The van der Waals surface area contributed by atoms with Gasteiger partial charge in [-0.2, -0.15) is 5.26 Å². The number of aliphatic hydroxyl groups is 1. The summed E-state index contributed by atoms with van der Waals surface area (Å²) in [5.41, 5.74) is -1.27. The van der Waals surface area contributed by atoms with Gasteiger partial charge >= 0.3 is 11.7 Å². The number of carbonyl (C=O) groups is 1. The Hall–Kier alpha value is -4.05. The molecule has 5 atom stereocenters. The molecule has 230 valence electrons. The fraction of sp³-hybridized carbons (Fsp3) is 0.469. The summed E-state index contributed by atoms with van der Waals surface area (Å²) in [6.07, 6.45) is 5.00. The van der Waals surface area contributed by atoms with Gasteiger partial charge in [-0.3, -0.25) is 9.36 Å². The molecule has 12 heteroatoms. The molecule has 0 spiro atoms. The molecular formula is C32H34N4O7S.